The molecule has 3 aromatic rings. The Balaban J connectivity index is 1.76. The predicted molar refractivity (Wildman–Crippen MR) is 129 cm³/mol. The Morgan fingerprint density at radius 1 is 1.00 bits per heavy atom. The molecule has 39 heavy (non-hydrogen) atoms. The van der Waals surface area contributed by atoms with Crippen molar-refractivity contribution in [1.82, 2.24) is 25.2 Å². The number of halogens is 6. The summed E-state index contributed by atoms with van der Waals surface area (Å²) >= 11 is 0. The molecule has 1 N–H and O–H groups in total. The number of aromatic amines is 1. The normalized spacial score (nSPS) is 19.9. The second-order valence-electron chi connectivity index (χ2n) is 9.68. The summed E-state index contributed by atoms with van der Waals surface area (Å²) in [4.78, 5) is 3.85. The lowest BCUT2D eigenvalue weighted by molar-refractivity contribution is -0.252. The van der Waals surface area contributed by atoms with Crippen LogP contribution < -0.4 is 0 Å². The molecule has 13 heteroatoms. The van der Waals surface area contributed by atoms with E-state index in [1.807, 2.05) is 23.9 Å². The zero-order valence-corrected chi connectivity index (χ0v) is 21.6. The molecular formula is C26H29F6N5O2. The first-order valence-corrected chi connectivity index (χ1v) is 12.2. The summed E-state index contributed by atoms with van der Waals surface area (Å²) in [5.74, 6) is 0. The molecule has 1 fully saturated rings. The maximum absolute atomic E-state index is 13.5. The molecule has 7 nitrogen and oxygen atoms in total. The molecule has 2 atom stereocenters. The number of ether oxygens (including phenoxy) is 2. The maximum Gasteiger partial charge on any atom is 0.416 e. The van der Waals surface area contributed by atoms with E-state index < -0.39 is 35.3 Å². The molecule has 212 valence electrons. The van der Waals surface area contributed by atoms with Gasteiger partial charge in [0.15, 0.2) is 5.72 Å². The lowest BCUT2D eigenvalue weighted by atomic mass is 9.97. The maximum atomic E-state index is 13.5. The average molecular weight is 558 g/mol. The third-order valence-electron chi connectivity index (χ3n) is 6.50. The molecule has 0 amide bonds. The minimum absolute atomic E-state index is 0.00664. The van der Waals surface area contributed by atoms with Crippen molar-refractivity contribution in [3.63, 3.8) is 0 Å². The molecule has 2 heterocycles. The number of nitrogens with one attached hydrogen (secondary N) is 1. The Morgan fingerprint density at radius 2 is 1.62 bits per heavy atom. The van der Waals surface area contributed by atoms with E-state index in [9.17, 15) is 26.3 Å². The van der Waals surface area contributed by atoms with Gasteiger partial charge in [0.25, 0.3) is 0 Å². The highest BCUT2D eigenvalue weighted by molar-refractivity contribution is 5.35. The van der Waals surface area contributed by atoms with Crippen molar-refractivity contribution in [3.8, 4) is 0 Å². The van der Waals surface area contributed by atoms with Crippen molar-refractivity contribution in [1.29, 1.82) is 0 Å². The SMILES string of the molecule is C[C@@H](O[C@@]1(c2ccccc2)COCCN1Cc1n[nH]nc1CN(C)C)c1cc(C(F)(F)F)cc(C(F)(F)F)c1. The highest BCUT2D eigenvalue weighted by Crippen LogP contribution is 2.42. The molecule has 0 spiro atoms. The van der Waals surface area contributed by atoms with Gasteiger partial charge in [-0.3, -0.25) is 4.90 Å². The Kier molecular flexibility index (Phi) is 8.36. The fourth-order valence-corrected chi connectivity index (χ4v) is 4.59. The first kappa shape index (κ1) is 29.0. The molecule has 0 aliphatic carbocycles. The first-order valence-electron chi connectivity index (χ1n) is 12.2. The van der Waals surface area contributed by atoms with E-state index in [-0.39, 0.29) is 24.8 Å². The lowest BCUT2D eigenvalue weighted by Crippen LogP contribution is -2.56. The number of benzene rings is 2. The summed E-state index contributed by atoms with van der Waals surface area (Å²) in [5, 5.41) is 11.1. The number of morpholine rings is 1. The number of hydrogen-bond donors (Lipinski definition) is 1. The number of aromatic nitrogens is 3. The molecule has 1 aliphatic heterocycles. The van der Waals surface area contributed by atoms with Crippen LogP contribution in [0.15, 0.2) is 48.5 Å². The predicted octanol–water partition coefficient (Wildman–Crippen LogP) is 5.37. The number of rotatable bonds is 8. The van der Waals surface area contributed by atoms with E-state index >= 15 is 0 Å². The zero-order valence-electron chi connectivity index (χ0n) is 21.6. The van der Waals surface area contributed by atoms with Crippen molar-refractivity contribution in [3.05, 3.63) is 82.2 Å². The second-order valence-corrected chi connectivity index (χ2v) is 9.68. The van der Waals surface area contributed by atoms with Crippen molar-refractivity contribution in [2.24, 2.45) is 0 Å². The van der Waals surface area contributed by atoms with Crippen molar-refractivity contribution >= 4 is 0 Å². The topological polar surface area (TPSA) is 66.5 Å². The van der Waals surface area contributed by atoms with Gasteiger partial charge in [0.2, 0.25) is 0 Å². The number of hydrogen-bond acceptors (Lipinski definition) is 6. The molecule has 0 saturated carbocycles. The van der Waals surface area contributed by atoms with Gasteiger partial charge in [-0.1, -0.05) is 30.3 Å². The highest BCUT2D eigenvalue weighted by Gasteiger charge is 2.45. The van der Waals surface area contributed by atoms with Crippen LogP contribution in [-0.2, 0) is 40.6 Å². The highest BCUT2D eigenvalue weighted by atomic mass is 19.4. The van der Waals surface area contributed by atoms with Crippen LogP contribution in [0, 0.1) is 0 Å². The van der Waals surface area contributed by atoms with Crippen LogP contribution in [0.2, 0.25) is 0 Å². The molecule has 0 radical (unpaired) electrons. The number of alkyl halides is 6. The van der Waals surface area contributed by atoms with E-state index in [1.165, 1.54) is 6.92 Å². The quantitative estimate of drug-likeness (QED) is 0.376. The van der Waals surface area contributed by atoms with Crippen LogP contribution in [0.25, 0.3) is 0 Å². The van der Waals surface area contributed by atoms with Crippen LogP contribution in [0.5, 0.6) is 0 Å². The van der Waals surface area contributed by atoms with Crippen LogP contribution >= 0.6 is 0 Å². The molecular weight excluding hydrogens is 528 g/mol. The van der Waals surface area contributed by atoms with Crippen LogP contribution in [-0.4, -0.2) is 59.1 Å². The second kappa shape index (κ2) is 11.2. The van der Waals surface area contributed by atoms with Gasteiger partial charge in [0, 0.05) is 25.2 Å². The summed E-state index contributed by atoms with van der Waals surface area (Å²) in [7, 11) is 3.77. The molecule has 4 rings (SSSR count). The molecule has 1 saturated heterocycles. The minimum Gasteiger partial charge on any atom is -0.375 e. The summed E-state index contributed by atoms with van der Waals surface area (Å²) in [6.07, 6.45) is -11.1. The van der Waals surface area contributed by atoms with E-state index in [0.717, 1.165) is 0 Å². The summed E-state index contributed by atoms with van der Waals surface area (Å²) in [6.45, 7) is 2.90. The van der Waals surface area contributed by atoms with Crippen LogP contribution in [0.1, 0.15) is 46.7 Å². The van der Waals surface area contributed by atoms with E-state index in [0.29, 0.717) is 48.8 Å². The largest absolute Gasteiger partial charge is 0.416 e. The van der Waals surface area contributed by atoms with Gasteiger partial charge in [-0.25, -0.2) is 0 Å². The molecule has 2 aromatic carbocycles. The van der Waals surface area contributed by atoms with Gasteiger partial charge in [0.1, 0.15) is 11.4 Å². The fraction of sp³-hybridized carbons (Fsp3) is 0.462. The van der Waals surface area contributed by atoms with Gasteiger partial charge in [-0.05, 0) is 44.8 Å². The summed E-state index contributed by atoms with van der Waals surface area (Å²) < 4.78 is 93.5. The minimum atomic E-state index is -4.97. The van der Waals surface area contributed by atoms with Gasteiger partial charge in [0.05, 0.1) is 30.4 Å². The third-order valence-corrected chi connectivity index (χ3v) is 6.50. The van der Waals surface area contributed by atoms with Crippen molar-refractivity contribution in [2.45, 2.75) is 44.2 Å². The molecule has 0 unspecified atom stereocenters. The van der Waals surface area contributed by atoms with Gasteiger partial charge in [-0.2, -0.15) is 41.8 Å². The summed E-state index contributed by atoms with van der Waals surface area (Å²) in [6, 6.07) is 10.4. The van der Waals surface area contributed by atoms with Crippen LogP contribution in [0.4, 0.5) is 26.3 Å². The van der Waals surface area contributed by atoms with Crippen LogP contribution in [0.3, 0.4) is 0 Å². The molecule has 1 aromatic heterocycles. The first-order chi connectivity index (χ1) is 18.3. The molecule has 0 bridgehead atoms. The van der Waals surface area contributed by atoms with Gasteiger partial charge in [-0.15, -0.1) is 0 Å². The fourth-order valence-electron chi connectivity index (χ4n) is 4.59. The van der Waals surface area contributed by atoms with E-state index in [1.54, 1.807) is 30.3 Å². The van der Waals surface area contributed by atoms with Gasteiger partial charge < -0.3 is 14.4 Å². The Hall–Kier alpha value is -3.00. The van der Waals surface area contributed by atoms with Gasteiger partial charge >= 0.3 is 12.4 Å². The number of H-pyrrole nitrogens is 1. The zero-order chi connectivity index (χ0) is 28.4. The van der Waals surface area contributed by atoms with E-state index in [4.69, 9.17) is 9.47 Å². The standard InChI is InChI=1S/C26H29F6N5O2/c1-17(18-11-20(25(27,28)29)13-21(12-18)26(30,31)32)39-24(19-7-5-4-6-8-19)16-38-10-9-37(24)15-23-22(14-36(2)3)33-35-34-23/h4-8,11-13,17H,9-10,14-16H2,1-3H3,(H,33,34,35)/t17-,24-/m1/s1. The lowest BCUT2D eigenvalue weighted by Gasteiger charge is -2.48. The Morgan fingerprint density at radius 3 is 2.21 bits per heavy atom. The average Bonchev–Trinajstić information content (AvgIpc) is 3.30. The smallest absolute Gasteiger partial charge is 0.375 e. The monoisotopic (exact) mass is 557 g/mol. The van der Waals surface area contributed by atoms with Crippen molar-refractivity contribution < 1.29 is 35.8 Å². The Labute approximate surface area is 221 Å². The van der Waals surface area contributed by atoms with Crippen molar-refractivity contribution in [2.75, 3.05) is 33.9 Å². The third kappa shape index (κ3) is 6.60. The summed E-state index contributed by atoms with van der Waals surface area (Å²) in [5.41, 5.74) is -2.41. The number of nitrogens with zero attached hydrogens (tertiary/aromatic N) is 4. The Bertz CT molecular complexity index is 1220. The van der Waals surface area contributed by atoms with E-state index in [2.05, 4.69) is 15.4 Å². The molecule has 1 aliphatic rings.